The maximum Gasteiger partial charge on any atom is 0.185 e. The van der Waals surface area contributed by atoms with Gasteiger partial charge in [-0.1, -0.05) is 6.92 Å². The SMILES string of the molecule is BN1C[C@H](O)C[C@H]1C. The van der Waals surface area contributed by atoms with Gasteiger partial charge >= 0.3 is 0 Å². The fourth-order valence-electron chi connectivity index (χ4n) is 1.16. The highest BCUT2D eigenvalue weighted by Gasteiger charge is 2.22. The molecule has 1 heterocycles. The molecule has 3 heteroatoms. The van der Waals surface area contributed by atoms with Crippen molar-refractivity contribution in [3.63, 3.8) is 0 Å². The number of hydrogen-bond acceptors (Lipinski definition) is 2. The Morgan fingerprint density at radius 3 is 2.50 bits per heavy atom. The number of rotatable bonds is 0. The first kappa shape index (κ1) is 6.11. The Hall–Kier alpha value is -0.0151. The fraction of sp³-hybridized carbons (Fsp3) is 1.00. The molecule has 0 aliphatic carbocycles. The molecule has 8 heavy (non-hydrogen) atoms. The highest BCUT2D eigenvalue weighted by atomic mass is 16.3. The van der Waals surface area contributed by atoms with Crippen molar-refractivity contribution in [2.45, 2.75) is 25.5 Å². The Morgan fingerprint density at radius 2 is 2.38 bits per heavy atom. The molecule has 0 aromatic heterocycles. The molecule has 0 aromatic rings. The van der Waals surface area contributed by atoms with E-state index in [9.17, 15) is 0 Å². The second-order valence-corrected chi connectivity index (χ2v) is 2.68. The van der Waals surface area contributed by atoms with Gasteiger partial charge in [0.15, 0.2) is 7.98 Å². The molecule has 1 aliphatic rings. The standard InChI is InChI=1S/C5H12BNO/c1-4-2-5(8)3-7(4)6/h4-5,8H,2-3,6H2,1H3/t4-,5-/m1/s1. The molecule has 1 saturated heterocycles. The lowest BCUT2D eigenvalue weighted by Crippen LogP contribution is -2.23. The molecule has 0 radical (unpaired) electrons. The zero-order chi connectivity index (χ0) is 6.15. The first-order valence-electron chi connectivity index (χ1n) is 3.08. The Bertz CT molecular complexity index is 78.5. The summed E-state index contributed by atoms with van der Waals surface area (Å²) in [5.74, 6) is 0. The van der Waals surface area contributed by atoms with Gasteiger partial charge in [0.1, 0.15) is 0 Å². The predicted octanol–water partition coefficient (Wildman–Crippen LogP) is -1.01. The van der Waals surface area contributed by atoms with Crippen LogP contribution in [0.3, 0.4) is 0 Å². The Morgan fingerprint density at radius 1 is 1.75 bits per heavy atom. The monoisotopic (exact) mass is 113 g/mol. The highest BCUT2D eigenvalue weighted by Crippen LogP contribution is 2.13. The molecule has 0 bridgehead atoms. The van der Waals surface area contributed by atoms with Gasteiger partial charge in [-0.05, 0) is 12.5 Å². The van der Waals surface area contributed by atoms with Crippen LogP contribution in [0.2, 0.25) is 0 Å². The van der Waals surface area contributed by atoms with Crippen molar-refractivity contribution in [1.29, 1.82) is 0 Å². The summed E-state index contributed by atoms with van der Waals surface area (Å²) in [6.45, 7) is 2.98. The average Bonchev–Trinajstić information content (AvgIpc) is 1.85. The van der Waals surface area contributed by atoms with Crippen LogP contribution in [-0.2, 0) is 0 Å². The number of nitrogens with zero attached hydrogens (tertiary/aromatic N) is 1. The maximum absolute atomic E-state index is 9.03. The molecule has 46 valence electrons. The zero-order valence-electron chi connectivity index (χ0n) is 5.46. The third-order valence-corrected chi connectivity index (χ3v) is 1.86. The van der Waals surface area contributed by atoms with E-state index in [0.717, 1.165) is 13.0 Å². The molecule has 1 N–H and O–H groups in total. The molecule has 0 unspecified atom stereocenters. The van der Waals surface area contributed by atoms with Crippen LogP contribution in [0.5, 0.6) is 0 Å². The van der Waals surface area contributed by atoms with Crippen LogP contribution in [0.1, 0.15) is 13.3 Å². The van der Waals surface area contributed by atoms with E-state index in [4.69, 9.17) is 5.11 Å². The van der Waals surface area contributed by atoms with Gasteiger partial charge in [0.25, 0.3) is 0 Å². The summed E-state index contributed by atoms with van der Waals surface area (Å²) in [4.78, 5) is 2.17. The van der Waals surface area contributed by atoms with Crippen molar-refractivity contribution < 1.29 is 5.11 Å². The van der Waals surface area contributed by atoms with Gasteiger partial charge in [-0.3, -0.25) is 0 Å². The van der Waals surface area contributed by atoms with Crippen molar-refractivity contribution in [2.24, 2.45) is 0 Å². The molecular formula is C5H12BNO. The Labute approximate surface area is 50.9 Å². The van der Waals surface area contributed by atoms with E-state index in [0.29, 0.717) is 6.04 Å². The smallest absolute Gasteiger partial charge is 0.185 e. The minimum Gasteiger partial charge on any atom is -0.392 e. The van der Waals surface area contributed by atoms with E-state index >= 15 is 0 Å². The fourth-order valence-corrected chi connectivity index (χ4v) is 1.16. The lowest BCUT2D eigenvalue weighted by atomic mass is 10.2. The Balaban J connectivity index is 2.39. The van der Waals surface area contributed by atoms with Crippen LogP contribution < -0.4 is 0 Å². The van der Waals surface area contributed by atoms with Gasteiger partial charge in [0.2, 0.25) is 0 Å². The van der Waals surface area contributed by atoms with Gasteiger partial charge in [-0.15, -0.1) is 0 Å². The first-order chi connectivity index (χ1) is 3.70. The molecule has 1 rings (SSSR count). The molecule has 0 saturated carbocycles. The van der Waals surface area contributed by atoms with Crippen LogP contribution in [0.15, 0.2) is 0 Å². The van der Waals surface area contributed by atoms with Crippen LogP contribution in [0, 0.1) is 0 Å². The van der Waals surface area contributed by atoms with E-state index in [-0.39, 0.29) is 6.10 Å². The normalized spacial score (nSPS) is 40.8. The van der Waals surface area contributed by atoms with Gasteiger partial charge in [-0.25, -0.2) is 0 Å². The van der Waals surface area contributed by atoms with Crippen LogP contribution in [0.25, 0.3) is 0 Å². The second kappa shape index (κ2) is 2.07. The summed E-state index contributed by atoms with van der Waals surface area (Å²) in [7, 11) is 2.04. The third-order valence-electron chi connectivity index (χ3n) is 1.86. The number of β-amino-alcohol motifs (C(OH)–C–C–N with tert-alkyl or cyclic N) is 1. The summed E-state index contributed by atoms with van der Waals surface area (Å²) < 4.78 is 0. The van der Waals surface area contributed by atoms with E-state index < -0.39 is 0 Å². The summed E-state index contributed by atoms with van der Waals surface area (Å²) in [6.07, 6.45) is 0.867. The van der Waals surface area contributed by atoms with Crippen molar-refractivity contribution in [1.82, 2.24) is 4.81 Å². The van der Waals surface area contributed by atoms with Crippen molar-refractivity contribution in [3.8, 4) is 0 Å². The maximum atomic E-state index is 9.03. The van der Waals surface area contributed by atoms with E-state index in [1.807, 2.05) is 7.98 Å². The minimum atomic E-state index is -0.0741. The minimum absolute atomic E-state index is 0.0741. The molecule has 2 atom stereocenters. The van der Waals surface area contributed by atoms with Crippen LogP contribution in [-0.4, -0.2) is 36.6 Å². The van der Waals surface area contributed by atoms with Crippen molar-refractivity contribution in [2.75, 3.05) is 6.54 Å². The highest BCUT2D eigenvalue weighted by molar-refractivity contribution is 6.04. The van der Waals surface area contributed by atoms with Gasteiger partial charge in [0, 0.05) is 6.54 Å². The lowest BCUT2D eigenvalue weighted by molar-refractivity contribution is 0.189. The molecular weight excluding hydrogens is 101 g/mol. The van der Waals surface area contributed by atoms with Crippen LogP contribution >= 0.6 is 0 Å². The molecule has 2 nitrogen and oxygen atoms in total. The van der Waals surface area contributed by atoms with Crippen molar-refractivity contribution in [3.05, 3.63) is 0 Å². The summed E-state index contributed by atoms with van der Waals surface area (Å²) in [5, 5.41) is 9.03. The van der Waals surface area contributed by atoms with Crippen LogP contribution in [0.4, 0.5) is 0 Å². The first-order valence-corrected chi connectivity index (χ1v) is 3.08. The Kier molecular flexibility index (Phi) is 1.58. The lowest BCUT2D eigenvalue weighted by Gasteiger charge is -2.12. The zero-order valence-corrected chi connectivity index (χ0v) is 5.46. The largest absolute Gasteiger partial charge is 0.392 e. The molecule has 0 amide bonds. The quantitative estimate of drug-likeness (QED) is 0.407. The second-order valence-electron chi connectivity index (χ2n) is 2.68. The van der Waals surface area contributed by atoms with Gasteiger partial charge < -0.3 is 9.92 Å². The van der Waals surface area contributed by atoms with E-state index in [1.54, 1.807) is 0 Å². The van der Waals surface area contributed by atoms with E-state index in [2.05, 4.69) is 11.7 Å². The van der Waals surface area contributed by atoms with Gasteiger partial charge in [0.05, 0.1) is 6.10 Å². The van der Waals surface area contributed by atoms with Crippen molar-refractivity contribution >= 4 is 7.98 Å². The topological polar surface area (TPSA) is 23.5 Å². The van der Waals surface area contributed by atoms with Gasteiger partial charge in [-0.2, -0.15) is 0 Å². The summed E-state index contributed by atoms with van der Waals surface area (Å²) >= 11 is 0. The third kappa shape index (κ3) is 1.04. The number of aliphatic hydroxyl groups is 1. The molecule has 1 fully saturated rings. The summed E-state index contributed by atoms with van der Waals surface area (Å²) in [5.41, 5.74) is 0. The molecule has 1 aliphatic heterocycles. The number of aliphatic hydroxyl groups excluding tert-OH is 1. The number of hydrogen-bond donors (Lipinski definition) is 1. The summed E-state index contributed by atoms with van der Waals surface area (Å²) in [6, 6.07) is 0.574. The molecule has 0 aromatic carbocycles. The van der Waals surface area contributed by atoms with E-state index in [1.165, 1.54) is 0 Å². The average molecular weight is 113 g/mol. The predicted molar refractivity (Wildman–Crippen MR) is 35.3 cm³/mol. The molecule has 0 spiro atoms.